The Kier molecular flexibility index (Phi) is 3.37. The molecule has 1 heterocycles. The average Bonchev–Trinajstić information content (AvgIpc) is 2.16. The lowest BCUT2D eigenvalue weighted by Gasteiger charge is -2.35. The van der Waals surface area contributed by atoms with Crippen LogP contribution in [0.25, 0.3) is 0 Å². The highest BCUT2D eigenvalue weighted by Crippen LogP contribution is 2.34. The summed E-state index contributed by atoms with van der Waals surface area (Å²) in [4.78, 5) is 6.15. The van der Waals surface area contributed by atoms with Gasteiger partial charge in [-0.05, 0) is 24.8 Å². The number of alkyl halides is 1. The summed E-state index contributed by atoms with van der Waals surface area (Å²) in [6, 6.07) is 1.94. The molecule has 0 saturated heterocycles. The minimum absolute atomic E-state index is 0.385. The van der Waals surface area contributed by atoms with Crippen molar-refractivity contribution in [3.05, 3.63) is 23.5 Å². The van der Waals surface area contributed by atoms with Crippen LogP contribution < -0.4 is 4.90 Å². The minimum Gasteiger partial charge on any atom is -0.373 e. The highest BCUT2D eigenvalue weighted by atomic mass is 35.5. The molecule has 0 aliphatic heterocycles. The molecule has 1 aliphatic carbocycles. The summed E-state index contributed by atoms with van der Waals surface area (Å²) >= 11 is 12.0. The number of hydrogen-bond acceptors (Lipinski definition) is 2. The van der Waals surface area contributed by atoms with Gasteiger partial charge >= 0.3 is 0 Å². The van der Waals surface area contributed by atoms with Gasteiger partial charge in [-0.3, -0.25) is 4.98 Å². The highest BCUT2D eigenvalue weighted by molar-refractivity contribution is 6.33. The van der Waals surface area contributed by atoms with E-state index in [0.29, 0.717) is 16.3 Å². The Labute approximate surface area is 100 Å². The van der Waals surface area contributed by atoms with Crippen LogP contribution in [-0.2, 0) is 0 Å². The number of nitrogens with zero attached hydrogens (tertiary/aromatic N) is 2. The van der Waals surface area contributed by atoms with Gasteiger partial charge < -0.3 is 4.90 Å². The van der Waals surface area contributed by atoms with Gasteiger partial charge in [0, 0.05) is 31.4 Å². The van der Waals surface area contributed by atoms with Gasteiger partial charge in [-0.25, -0.2) is 0 Å². The molecule has 0 aromatic carbocycles. The van der Waals surface area contributed by atoms with Crippen LogP contribution in [0.5, 0.6) is 0 Å². The molecule has 82 valence electrons. The molecule has 0 spiro atoms. The van der Waals surface area contributed by atoms with Crippen LogP contribution in [0.2, 0.25) is 5.02 Å². The summed E-state index contributed by atoms with van der Waals surface area (Å²) in [5.74, 6) is 0.710. The minimum atomic E-state index is 0.385. The fraction of sp³-hybridized carbons (Fsp3) is 0.545. The van der Waals surface area contributed by atoms with Gasteiger partial charge in [0.15, 0.2) is 0 Å². The molecular formula is C11H14Cl2N2. The standard InChI is InChI=1S/C11H14Cl2N2/c1-15(7-8-4-9(12)5-8)11-2-3-14-6-10(11)13/h2-3,6,8-9H,4-5,7H2,1H3. The second-order valence-electron chi connectivity index (χ2n) is 4.14. The van der Waals surface area contributed by atoms with Crippen molar-refractivity contribution in [2.45, 2.75) is 18.2 Å². The molecule has 0 radical (unpaired) electrons. The maximum Gasteiger partial charge on any atom is 0.0822 e. The quantitative estimate of drug-likeness (QED) is 0.760. The average molecular weight is 245 g/mol. The van der Waals surface area contributed by atoms with E-state index in [-0.39, 0.29) is 0 Å². The Hall–Kier alpha value is -0.470. The van der Waals surface area contributed by atoms with Crippen molar-refractivity contribution in [1.29, 1.82) is 0 Å². The van der Waals surface area contributed by atoms with Crippen molar-refractivity contribution in [3.63, 3.8) is 0 Å². The van der Waals surface area contributed by atoms with Gasteiger partial charge in [-0.15, -0.1) is 11.6 Å². The van der Waals surface area contributed by atoms with Crippen LogP contribution in [0.15, 0.2) is 18.5 Å². The zero-order valence-corrected chi connectivity index (χ0v) is 10.2. The largest absolute Gasteiger partial charge is 0.373 e. The van der Waals surface area contributed by atoms with Crippen LogP contribution in [0.3, 0.4) is 0 Å². The fourth-order valence-electron chi connectivity index (χ4n) is 1.97. The summed E-state index contributed by atoms with van der Waals surface area (Å²) in [7, 11) is 2.06. The molecule has 1 saturated carbocycles. The molecule has 0 bridgehead atoms. The lowest BCUT2D eigenvalue weighted by atomic mass is 9.84. The van der Waals surface area contributed by atoms with Crippen molar-refractivity contribution in [2.24, 2.45) is 5.92 Å². The first-order chi connectivity index (χ1) is 7.16. The third-order valence-electron chi connectivity index (χ3n) is 2.87. The van der Waals surface area contributed by atoms with Gasteiger partial charge in [0.05, 0.1) is 10.7 Å². The Morgan fingerprint density at radius 2 is 2.27 bits per heavy atom. The van der Waals surface area contributed by atoms with Gasteiger partial charge in [-0.2, -0.15) is 0 Å². The monoisotopic (exact) mass is 244 g/mol. The first-order valence-electron chi connectivity index (χ1n) is 5.11. The summed E-state index contributed by atoms with van der Waals surface area (Å²) in [5, 5.41) is 1.10. The number of hydrogen-bond donors (Lipinski definition) is 0. The number of anilines is 1. The predicted octanol–water partition coefficient (Wildman–Crippen LogP) is 3.19. The highest BCUT2D eigenvalue weighted by Gasteiger charge is 2.28. The van der Waals surface area contributed by atoms with Crippen LogP contribution in [0, 0.1) is 5.92 Å². The number of rotatable bonds is 3. The number of aromatic nitrogens is 1. The predicted molar refractivity (Wildman–Crippen MR) is 64.9 cm³/mol. The molecule has 1 fully saturated rings. The summed E-state index contributed by atoms with van der Waals surface area (Å²) in [6.07, 6.45) is 5.69. The van der Waals surface area contributed by atoms with Crippen molar-refractivity contribution in [3.8, 4) is 0 Å². The van der Waals surface area contributed by atoms with Crippen molar-refractivity contribution in [2.75, 3.05) is 18.5 Å². The SMILES string of the molecule is CN(CC1CC(Cl)C1)c1ccncc1Cl. The Bertz CT molecular complexity index is 337. The normalized spacial score (nSPS) is 24.7. The molecule has 4 heteroatoms. The lowest BCUT2D eigenvalue weighted by Crippen LogP contribution is -2.34. The van der Waals surface area contributed by atoms with Crippen LogP contribution in [0.1, 0.15) is 12.8 Å². The maximum atomic E-state index is 6.06. The van der Waals surface area contributed by atoms with E-state index in [1.54, 1.807) is 12.4 Å². The van der Waals surface area contributed by atoms with E-state index in [1.165, 1.54) is 0 Å². The van der Waals surface area contributed by atoms with E-state index in [2.05, 4.69) is 16.9 Å². The van der Waals surface area contributed by atoms with Crippen LogP contribution in [0.4, 0.5) is 5.69 Å². The third kappa shape index (κ3) is 2.56. The van der Waals surface area contributed by atoms with Crippen LogP contribution >= 0.6 is 23.2 Å². The van der Waals surface area contributed by atoms with E-state index in [0.717, 1.165) is 25.1 Å². The molecule has 0 unspecified atom stereocenters. The van der Waals surface area contributed by atoms with E-state index < -0.39 is 0 Å². The van der Waals surface area contributed by atoms with Crippen molar-refractivity contribution >= 4 is 28.9 Å². The second-order valence-corrected chi connectivity index (χ2v) is 5.17. The fourth-order valence-corrected chi connectivity index (χ4v) is 2.73. The maximum absolute atomic E-state index is 6.06. The van der Waals surface area contributed by atoms with Gasteiger partial charge in [0.25, 0.3) is 0 Å². The summed E-state index contributed by atoms with van der Waals surface area (Å²) in [6.45, 7) is 1.02. The molecular weight excluding hydrogens is 231 g/mol. The molecule has 2 nitrogen and oxygen atoms in total. The second kappa shape index (κ2) is 4.58. The van der Waals surface area contributed by atoms with E-state index in [9.17, 15) is 0 Å². The summed E-state index contributed by atoms with van der Waals surface area (Å²) in [5.41, 5.74) is 1.05. The lowest BCUT2D eigenvalue weighted by molar-refractivity contribution is 0.329. The molecule has 1 aliphatic rings. The first-order valence-corrected chi connectivity index (χ1v) is 5.93. The Morgan fingerprint density at radius 1 is 1.53 bits per heavy atom. The molecule has 2 rings (SSSR count). The van der Waals surface area contributed by atoms with Gasteiger partial charge in [-0.1, -0.05) is 11.6 Å². The zero-order chi connectivity index (χ0) is 10.8. The Morgan fingerprint density at radius 3 is 2.87 bits per heavy atom. The number of pyridine rings is 1. The third-order valence-corrected chi connectivity index (χ3v) is 3.52. The topological polar surface area (TPSA) is 16.1 Å². The molecule has 1 aromatic heterocycles. The first kappa shape index (κ1) is 11.0. The van der Waals surface area contributed by atoms with Gasteiger partial charge in [0.2, 0.25) is 0 Å². The Balaban J connectivity index is 1.96. The molecule has 0 atom stereocenters. The van der Waals surface area contributed by atoms with Crippen molar-refractivity contribution in [1.82, 2.24) is 4.98 Å². The van der Waals surface area contributed by atoms with Crippen molar-refractivity contribution < 1.29 is 0 Å². The van der Waals surface area contributed by atoms with Gasteiger partial charge in [0.1, 0.15) is 0 Å². The summed E-state index contributed by atoms with van der Waals surface area (Å²) < 4.78 is 0. The molecule has 15 heavy (non-hydrogen) atoms. The van der Waals surface area contributed by atoms with E-state index >= 15 is 0 Å². The number of halogens is 2. The van der Waals surface area contributed by atoms with E-state index in [4.69, 9.17) is 23.2 Å². The molecule has 0 amide bonds. The molecule has 1 aromatic rings. The zero-order valence-electron chi connectivity index (χ0n) is 8.66. The smallest absolute Gasteiger partial charge is 0.0822 e. The molecule has 0 N–H and O–H groups in total. The van der Waals surface area contributed by atoms with Crippen LogP contribution in [-0.4, -0.2) is 24.0 Å². The van der Waals surface area contributed by atoms with E-state index in [1.807, 2.05) is 6.07 Å².